The molecule has 1 aromatic rings. The summed E-state index contributed by atoms with van der Waals surface area (Å²) in [6.45, 7) is 2.11. The van der Waals surface area contributed by atoms with Gasteiger partial charge < -0.3 is 4.74 Å². The number of rotatable bonds is 3. The first-order valence-corrected chi connectivity index (χ1v) is 5.57. The second-order valence-corrected chi connectivity index (χ2v) is 3.40. The van der Waals surface area contributed by atoms with Gasteiger partial charge in [-0.1, -0.05) is 27.5 Å². The highest BCUT2D eigenvalue weighted by Crippen LogP contribution is 2.20. The van der Waals surface area contributed by atoms with Gasteiger partial charge in [0.05, 0.1) is 12.2 Å². The lowest BCUT2D eigenvalue weighted by Gasteiger charge is -2.06. The average Bonchev–Trinajstić information content (AvgIpc) is 2.17. The summed E-state index contributed by atoms with van der Waals surface area (Å²) in [6, 6.07) is 1.60. The van der Waals surface area contributed by atoms with Gasteiger partial charge in [0, 0.05) is 17.1 Å². The van der Waals surface area contributed by atoms with Crippen LogP contribution in [0.4, 0.5) is 0 Å². The molecule has 0 radical (unpaired) electrons. The molecule has 0 aliphatic rings. The summed E-state index contributed by atoms with van der Waals surface area (Å²) in [5.41, 5.74) is 1.12. The molecule has 5 heteroatoms. The van der Waals surface area contributed by atoms with Crippen molar-refractivity contribution in [2.24, 2.45) is 0 Å². The lowest BCUT2D eigenvalue weighted by Crippen LogP contribution is -2.08. The van der Waals surface area contributed by atoms with Crippen LogP contribution in [-0.2, 0) is 10.1 Å². The van der Waals surface area contributed by atoms with Crippen LogP contribution in [0.25, 0.3) is 0 Å². The number of carbonyl (C=O) groups excluding carboxylic acids is 1. The van der Waals surface area contributed by atoms with Crippen LogP contribution in [0.5, 0.6) is 0 Å². The summed E-state index contributed by atoms with van der Waals surface area (Å²) < 4.78 is 4.88. The summed E-state index contributed by atoms with van der Waals surface area (Å²) in [5, 5.41) is 0.806. The molecule has 1 aromatic heterocycles. The minimum Gasteiger partial charge on any atom is -0.462 e. The van der Waals surface area contributed by atoms with Gasteiger partial charge in [0.25, 0.3) is 0 Å². The Morgan fingerprint density at radius 3 is 3.00 bits per heavy atom. The van der Waals surface area contributed by atoms with Gasteiger partial charge in [-0.3, -0.25) is 0 Å². The lowest BCUT2D eigenvalue weighted by atomic mass is 10.2. The molecule has 0 amide bonds. The fourth-order valence-electron chi connectivity index (χ4n) is 0.994. The van der Waals surface area contributed by atoms with E-state index in [1.807, 2.05) is 0 Å². The van der Waals surface area contributed by atoms with Crippen LogP contribution < -0.4 is 0 Å². The van der Waals surface area contributed by atoms with Crippen LogP contribution in [0.15, 0.2) is 12.3 Å². The third-order valence-electron chi connectivity index (χ3n) is 1.63. The molecule has 0 saturated carbocycles. The van der Waals surface area contributed by atoms with Crippen LogP contribution in [0.2, 0.25) is 5.15 Å². The number of aromatic nitrogens is 1. The molecule has 0 saturated heterocycles. The van der Waals surface area contributed by atoms with E-state index in [0.29, 0.717) is 28.2 Å². The maximum Gasteiger partial charge on any atom is 0.338 e. The van der Waals surface area contributed by atoms with E-state index in [4.69, 9.17) is 16.3 Å². The van der Waals surface area contributed by atoms with Crippen molar-refractivity contribution in [2.45, 2.75) is 12.3 Å². The van der Waals surface area contributed by atoms with E-state index in [1.54, 1.807) is 13.0 Å². The Labute approximate surface area is 95.6 Å². The highest BCUT2D eigenvalue weighted by molar-refractivity contribution is 9.08. The quantitative estimate of drug-likeness (QED) is 0.485. The zero-order chi connectivity index (χ0) is 10.6. The molecule has 1 heterocycles. The maximum atomic E-state index is 11.4. The number of hydrogen-bond acceptors (Lipinski definition) is 3. The molecular formula is C9H9BrClNO2. The average molecular weight is 279 g/mol. The van der Waals surface area contributed by atoms with E-state index < -0.39 is 0 Å². The van der Waals surface area contributed by atoms with Crippen molar-refractivity contribution in [3.63, 3.8) is 0 Å². The van der Waals surface area contributed by atoms with Crippen molar-refractivity contribution in [3.05, 3.63) is 28.5 Å². The second kappa shape index (κ2) is 5.32. The molecule has 0 fully saturated rings. The first-order valence-electron chi connectivity index (χ1n) is 4.07. The predicted molar refractivity (Wildman–Crippen MR) is 57.8 cm³/mol. The zero-order valence-electron chi connectivity index (χ0n) is 7.59. The fourth-order valence-corrected chi connectivity index (χ4v) is 1.95. The fraction of sp³-hybridized carbons (Fsp3) is 0.333. The molecule has 0 atom stereocenters. The molecule has 3 nitrogen and oxygen atoms in total. The van der Waals surface area contributed by atoms with E-state index >= 15 is 0 Å². The Morgan fingerprint density at radius 1 is 1.71 bits per heavy atom. The number of ether oxygens (including phenoxy) is 1. The molecule has 76 valence electrons. The van der Waals surface area contributed by atoms with Gasteiger partial charge in [0.15, 0.2) is 0 Å². The molecule has 0 aliphatic carbocycles. The van der Waals surface area contributed by atoms with Crippen molar-refractivity contribution < 1.29 is 9.53 Å². The molecule has 0 bridgehead atoms. The minimum atomic E-state index is -0.369. The molecule has 1 rings (SSSR count). The summed E-state index contributed by atoms with van der Waals surface area (Å²) in [6.07, 6.45) is 1.49. The largest absolute Gasteiger partial charge is 0.462 e. The number of carbonyl (C=O) groups is 1. The van der Waals surface area contributed by atoms with Gasteiger partial charge in [-0.15, -0.1) is 0 Å². The van der Waals surface area contributed by atoms with E-state index in [1.165, 1.54) is 6.20 Å². The number of pyridine rings is 1. The molecule has 0 aliphatic heterocycles. The number of esters is 1. The third-order valence-corrected chi connectivity index (χ3v) is 2.52. The Hall–Kier alpha value is -0.610. The molecule has 0 N–H and O–H groups in total. The summed E-state index contributed by atoms with van der Waals surface area (Å²) in [5.74, 6) is -0.369. The van der Waals surface area contributed by atoms with Gasteiger partial charge in [-0.25, -0.2) is 9.78 Å². The first-order chi connectivity index (χ1) is 6.70. The van der Waals surface area contributed by atoms with Crippen molar-refractivity contribution in [2.75, 3.05) is 6.61 Å². The van der Waals surface area contributed by atoms with Gasteiger partial charge in [-0.2, -0.15) is 0 Å². The smallest absolute Gasteiger partial charge is 0.338 e. The van der Waals surface area contributed by atoms with Crippen LogP contribution in [-0.4, -0.2) is 17.6 Å². The highest BCUT2D eigenvalue weighted by Gasteiger charge is 2.14. The predicted octanol–water partition coefficient (Wildman–Crippen LogP) is 2.81. The highest BCUT2D eigenvalue weighted by atomic mass is 79.9. The standard InChI is InChI=1S/C9H9BrClNO2/c1-2-14-9(13)6-3-4-12-8(11)7(6)5-10/h3-4H,2,5H2,1H3. The normalized spacial score (nSPS) is 9.93. The zero-order valence-corrected chi connectivity index (χ0v) is 9.93. The van der Waals surface area contributed by atoms with Crippen LogP contribution in [0.3, 0.4) is 0 Å². The van der Waals surface area contributed by atoms with Crippen molar-refractivity contribution in [1.82, 2.24) is 4.98 Å². The van der Waals surface area contributed by atoms with Crippen molar-refractivity contribution in [1.29, 1.82) is 0 Å². The number of hydrogen-bond donors (Lipinski definition) is 0. The number of alkyl halides is 1. The summed E-state index contributed by atoms with van der Waals surface area (Å²) in [7, 11) is 0. The Balaban J connectivity index is 3.07. The van der Waals surface area contributed by atoms with Gasteiger partial charge in [-0.05, 0) is 13.0 Å². The lowest BCUT2D eigenvalue weighted by molar-refractivity contribution is 0.0525. The molecule has 14 heavy (non-hydrogen) atoms. The summed E-state index contributed by atoms with van der Waals surface area (Å²) in [4.78, 5) is 15.3. The number of nitrogens with zero attached hydrogens (tertiary/aromatic N) is 1. The van der Waals surface area contributed by atoms with Crippen LogP contribution >= 0.6 is 27.5 Å². The maximum absolute atomic E-state index is 11.4. The Kier molecular flexibility index (Phi) is 4.35. The van der Waals surface area contributed by atoms with Crippen LogP contribution in [0, 0.1) is 0 Å². The molecule has 0 spiro atoms. The third kappa shape index (κ3) is 2.45. The van der Waals surface area contributed by atoms with Crippen molar-refractivity contribution in [3.8, 4) is 0 Å². The molecular weight excluding hydrogens is 269 g/mol. The monoisotopic (exact) mass is 277 g/mol. The van der Waals surface area contributed by atoms with E-state index in [9.17, 15) is 4.79 Å². The Bertz CT molecular complexity index is 344. The van der Waals surface area contributed by atoms with Crippen LogP contribution in [0.1, 0.15) is 22.8 Å². The SMILES string of the molecule is CCOC(=O)c1ccnc(Cl)c1CBr. The van der Waals surface area contributed by atoms with E-state index in [2.05, 4.69) is 20.9 Å². The van der Waals surface area contributed by atoms with Gasteiger partial charge in [0.2, 0.25) is 0 Å². The first kappa shape index (κ1) is 11.5. The van der Waals surface area contributed by atoms with Crippen molar-refractivity contribution >= 4 is 33.5 Å². The summed E-state index contributed by atoms with van der Waals surface area (Å²) >= 11 is 9.07. The molecule has 0 aromatic carbocycles. The van der Waals surface area contributed by atoms with E-state index in [0.717, 1.165) is 0 Å². The Morgan fingerprint density at radius 2 is 2.43 bits per heavy atom. The van der Waals surface area contributed by atoms with E-state index in [-0.39, 0.29) is 5.97 Å². The second-order valence-electron chi connectivity index (χ2n) is 2.48. The number of halogens is 2. The topological polar surface area (TPSA) is 39.2 Å². The van der Waals surface area contributed by atoms with Gasteiger partial charge in [0.1, 0.15) is 5.15 Å². The molecule has 0 unspecified atom stereocenters. The van der Waals surface area contributed by atoms with Gasteiger partial charge >= 0.3 is 5.97 Å². The minimum absolute atomic E-state index is 0.326.